The van der Waals surface area contributed by atoms with Crippen molar-refractivity contribution in [3.63, 3.8) is 0 Å². The maximum absolute atomic E-state index is 4.71. The highest BCUT2D eigenvalue weighted by atomic mass is 16.6. The van der Waals surface area contributed by atoms with E-state index in [-0.39, 0.29) is 0 Å². The lowest BCUT2D eigenvalue weighted by atomic mass is 10.5. The first-order valence-electron chi connectivity index (χ1n) is 1.94. The molecule has 2 nitrogen and oxygen atoms in total. The van der Waals surface area contributed by atoms with Crippen LogP contribution in [0.4, 0.5) is 0 Å². The summed E-state index contributed by atoms with van der Waals surface area (Å²) in [5.74, 6) is 0. The molecule has 0 radical (unpaired) electrons. The lowest BCUT2D eigenvalue weighted by molar-refractivity contribution is 0.109. The fourth-order valence-electron chi connectivity index (χ4n) is 0.364. The molecule has 0 amide bonds. The smallest absolute Gasteiger partial charge is 0.0947 e. The van der Waals surface area contributed by atoms with Crippen LogP contribution >= 0.6 is 0 Å². The molecule has 1 heterocycles. The Kier molecular flexibility index (Phi) is 0.801. The third-order valence-corrected chi connectivity index (χ3v) is 0.706. The Balaban J connectivity index is 2.45. The Morgan fingerprint density at radius 2 is 2.83 bits per heavy atom. The van der Waals surface area contributed by atoms with Crippen LogP contribution in [0.1, 0.15) is 6.92 Å². The largest absolute Gasteiger partial charge is 0.272 e. The van der Waals surface area contributed by atoms with Gasteiger partial charge in [-0.05, 0) is 13.0 Å². The third kappa shape index (κ3) is 0.518. The van der Waals surface area contributed by atoms with E-state index in [1.54, 1.807) is 0 Å². The Morgan fingerprint density at radius 3 is 3.00 bits per heavy atom. The van der Waals surface area contributed by atoms with Crippen molar-refractivity contribution in [2.75, 3.05) is 6.61 Å². The highest BCUT2D eigenvalue weighted by molar-refractivity contribution is 4.96. The van der Waals surface area contributed by atoms with Gasteiger partial charge in [0, 0.05) is 5.70 Å². The van der Waals surface area contributed by atoms with Crippen LogP contribution in [0.25, 0.3) is 0 Å². The Hall–Kier alpha value is -0.500. The van der Waals surface area contributed by atoms with E-state index in [1.807, 2.05) is 13.0 Å². The topological polar surface area (TPSA) is 21.3 Å². The summed E-state index contributed by atoms with van der Waals surface area (Å²) in [6, 6.07) is 0. The van der Waals surface area contributed by atoms with E-state index in [1.165, 1.54) is 0 Å². The number of hydroxylamine groups is 1. The molecular formula is C4H7NO. The first kappa shape index (κ1) is 3.68. The summed E-state index contributed by atoms with van der Waals surface area (Å²) >= 11 is 0. The van der Waals surface area contributed by atoms with Gasteiger partial charge in [-0.15, -0.1) is 0 Å². The molecule has 0 saturated carbocycles. The standard InChI is InChI=1S/C4H7NO/c1-4-2-3-6-5-4/h2,5H,3H2,1H3. The van der Waals surface area contributed by atoms with E-state index in [0.29, 0.717) is 6.61 Å². The number of rotatable bonds is 0. The van der Waals surface area contributed by atoms with E-state index >= 15 is 0 Å². The molecule has 6 heavy (non-hydrogen) atoms. The Morgan fingerprint density at radius 1 is 2.00 bits per heavy atom. The zero-order valence-electron chi connectivity index (χ0n) is 3.69. The molecule has 0 fully saturated rings. The maximum Gasteiger partial charge on any atom is 0.0947 e. The molecule has 0 atom stereocenters. The number of hydrogen-bond donors (Lipinski definition) is 1. The van der Waals surface area contributed by atoms with Crippen LogP contribution in [-0.2, 0) is 4.84 Å². The first-order valence-corrected chi connectivity index (χ1v) is 1.94. The maximum atomic E-state index is 4.71. The molecule has 1 rings (SSSR count). The van der Waals surface area contributed by atoms with Gasteiger partial charge in [-0.1, -0.05) is 0 Å². The summed E-state index contributed by atoms with van der Waals surface area (Å²) in [7, 11) is 0. The molecule has 34 valence electrons. The zero-order chi connectivity index (χ0) is 4.41. The monoisotopic (exact) mass is 85.1 g/mol. The molecule has 0 spiro atoms. The summed E-state index contributed by atoms with van der Waals surface area (Å²) in [5, 5.41) is 0. The molecule has 0 aromatic rings. The van der Waals surface area contributed by atoms with Crippen LogP contribution in [0.3, 0.4) is 0 Å². The summed E-state index contributed by atoms with van der Waals surface area (Å²) in [6.07, 6.45) is 1.99. The van der Waals surface area contributed by atoms with Crippen molar-refractivity contribution in [3.05, 3.63) is 11.8 Å². The van der Waals surface area contributed by atoms with Gasteiger partial charge in [0.2, 0.25) is 0 Å². The van der Waals surface area contributed by atoms with Crippen molar-refractivity contribution in [1.82, 2.24) is 5.48 Å². The summed E-state index contributed by atoms with van der Waals surface area (Å²) < 4.78 is 0. The second kappa shape index (κ2) is 1.30. The van der Waals surface area contributed by atoms with Gasteiger partial charge in [0.25, 0.3) is 0 Å². The minimum Gasteiger partial charge on any atom is -0.272 e. The Bertz CT molecular complexity index is 77.6. The molecular weight excluding hydrogens is 78.0 g/mol. The second-order valence-electron chi connectivity index (χ2n) is 1.30. The van der Waals surface area contributed by atoms with Gasteiger partial charge in [-0.25, -0.2) is 0 Å². The van der Waals surface area contributed by atoms with Crippen molar-refractivity contribution in [2.24, 2.45) is 0 Å². The minimum atomic E-state index is 0.714. The molecule has 0 aromatic carbocycles. The quantitative estimate of drug-likeness (QED) is 0.460. The zero-order valence-corrected chi connectivity index (χ0v) is 3.69. The lowest BCUT2D eigenvalue weighted by Gasteiger charge is -1.89. The SMILES string of the molecule is CC1=CCON1. The molecule has 2 heteroatoms. The molecule has 0 aliphatic carbocycles. The summed E-state index contributed by atoms with van der Waals surface area (Å²) in [4.78, 5) is 4.71. The number of hydrogen-bond acceptors (Lipinski definition) is 2. The average Bonchev–Trinajstić information content (AvgIpc) is 1.86. The third-order valence-electron chi connectivity index (χ3n) is 0.706. The fourth-order valence-corrected chi connectivity index (χ4v) is 0.364. The Labute approximate surface area is 36.8 Å². The van der Waals surface area contributed by atoms with E-state index in [0.717, 1.165) is 5.70 Å². The second-order valence-corrected chi connectivity index (χ2v) is 1.30. The number of nitrogens with one attached hydrogen (secondary N) is 1. The van der Waals surface area contributed by atoms with Crippen LogP contribution in [0, 0.1) is 0 Å². The van der Waals surface area contributed by atoms with Gasteiger partial charge in [-0.3, -0.25) is 10.3 Å². The van der Waals surface area contributed by atoms with Crippen LogP contribution < -0.4 is 5.48 Å². The molecule has 0 aromatic heterocycles. The predicted molar refractivity (Wildman–Crippen MR) is 22.8 cm³/mol. The highest BCUT2D eigenvalue weighted by Crippen LogP contribution is 1.92. The van der Waals surface area contributed by atoms with E-state index in [2.05, 4.69) is 5.48 Å². The normalized spacial score (nSPS) is 19.8. The van der Waals surface area contributed by atoms with Crippen molar-refractivity contribution < 1.29 is 4.84 Å². The van der Waals surface area contributed by atoms with Gasteiger partial charge in [0.05, 0.1) is 6.61 Å². The summed E-state index contributed by atoms with van der Waals surface area (Å²) in [5.41, 5.74) is 3.79. The van der Waals surface area contributed by atoms with Crippen molar-refractivity contribution in [1.29, 1.82) is 0 Å². The molecule has 0 bridgehead atoms. The van der Waals surface area contributed by atoms with Gasteiger partial charge < -0.3 is 0 Å². The van der Waals surface area contributed by atoms with Crippen LogP contribution in [0.2, 0.25) is 0 Å². The van der Waals surface area contributed by atoms with Crippen molar-refractivity contribution >= 4 is 0 Å². The van der Waals surface area contributed by atoms with Gasteiger partial charge in [0.15, 0.2) is 0 Å². The summed E-state index contributed by atoms with van der Waals surface area (Å²) in [6.45, 7) is 2.68. The van der Waals surface area contributed by atoms with Gasteiger partial charge >= 0.3 is 0 Å². The van der Waals surface area contributed by atoms with E-state index < -0.39 is 0 Å². The van der Waals surface area contributed by atoms with E-state index in [4.69, 9.17) is 4.84 Å². The van der Waals surface area contributed by atoms with Crippen LogP contribution in [0.5, 0.6) is 0 Å². The predicted octanol–water partition coefficient (Wildman–Crippen LogP) is 0.425. The molecule has 0 saturated heterocycles. The molecule has 1 N–H and O–H groups in total. The lowest BCUT2D eigenvalue weighted by Crippen LogP contribution is -2.01. The average molecular weight is 85.1 g/mol. The number of allylic oxidation sites excluding steroid dienone is 1. The molecule has 0 unspecified atom stereocenters. The minimum absolute atomic E-state index is 0.714. The van der Waals surface area contributed by atoms with Crippen LogP contribution in [-0.4, -0.2) is 6.61 Å². The first-order chi connectivity index (χ1) is 2.89. The van der Waals surface area contributed by atoms with Crippen molar-refractivity contribution in [3.8, 4) is 0 Å². The molecule has 1 aliphatic heterocycles. The highest BCUT2D eigenvalue weighted by Gasteiger charge is 1.92. The van der Waals surface area contributed by atoms with Gasteiger partial charge in [0.1, 0.15) is 0 Å². The fraction of sp³-hybridized carbons (Fsp3) is 0.500. The van der Waals surface area contributed by atoms with Crippen LogP contribution in [0.15, 0.2) is 11.8 Å². The van der Waals surface area contributed by atoms with Gasteiger partial charge in [-0.2, -0.15) is 0 Å². The van der Waals surface area contributed by atoms with Crippen molar-refractivity contribution in [2.45, 2.75) is 6.92 Å². The van der Waals surface area contributed by atoms with E-state index in [9.17, 15) is 0 Å². The molecule has 1 aliphatic rings.